The lowest BCUT2D eigenvalue weighted by molar-refractivity contribution is -0.400. The average Bonchev–Trinajstić information content (AvgIpc) is 2.16. The largest absolute Gasteiger partial charge is 0.463 e. The van der Waals surface area contributed by atoms with Crippen molar-refractivity contribution in [3.8, 4) is 5.75 Å². The van der Waals surface area contributed by atoms with Crippen LogP contribution in [0.4, 0.5) is 4.39 Å². The van der Waals surface area contributed by atoms with Gasteiger partial charge in [-0.25, -0.2) is 4.39 Å². The molecular weight excluding hydrogens is 189 g/mol. The van der Waals surface area contributed by atoms with E-state index in [0.29, 0.717) is 11.3 Å². The fourth-order valence-corrected chi connectivity index (χ4v) is 0.918. The minimum Gasteiger partial charge on any atom is -0.463 e. The first kappa shape index (κ1) is 10.2. The van der Waals surface area contributed by atoms with Gasteiger partial charge in [0.25, 0.3) is 0 Å². The van der Waals surface area contributed by atoms with Crippen molar-refractivity contribution < 1.29 is 14.1 Å². The molecule has 74 valence electrons. The highest BCUT2D eigenvalue weighted by Gasteiger charge is 1.94. The van der Waals surface area contributed by atoms with Crippen molar-refractivity contribution in [2.45, 2.75) is 0 Å². The summed E-state index contributed by atoms with van der Waals surface area (Å²) in [7, 11) is 0. The molecule has 14 heavy (non-hydrogen) atoms. The third-order valence-electron chi connectivity index (χ3n) is 1.47. The van der Waals surface area contributed by atoms with E-state index in [-0.39, 0.29) is 0 Å². The zero-order chi connectivity index (χ0) is 10.4. The Morgan fingerprint density at radius 1 is 1.57 bits per heavy atom. The predicted molar refractivity (Wildman–Crippen MR) is 49.1 cm³/mol. The van der Waals surface area contributed by atoms with E-state index in [1.807, 2.05) is 0 Å². The zero-order valence-corrected chi connectivity index (χ0v) is 7.22. The summed E-state index contributed by atoms with van der Waals surface area (Å²) in [5.74, 6) is 0.345. The molecule has 0 aliphatic rings. The minimum absolute atomic E-state index is 0.345. The molecule has 0 N–H and O–H groups in total. The summed E-state index contributed by atoms with van der Waals surface area (Å²) in [4.78, 5) is 9.44. The second kappa shape index (κ2) is 4.96. The molecule has 1 aromatic carbocycles. The molecule has 0 amide bonds. The molecule has 0 aromatic heterocycles. The zero-order valence-electron chi connectivity index (χ0n) is 7.22. The Hall–Kier alpha value is -1.91. The lowest BCUT2D eigenvalue weighted by Gasteiger charge is -2.00. The Morgan fingerprint density at radius 3 is 3.00 bits per heavy atom. The van der Waals surface area contributed by atoms with Crippen LogP contribution in [0.2, 0.25) is 0 Å². The van der Waals surface area contributed by atoms with Crippen molar-refractivity contribution in [1.29, 1.82) is 0 Å². The number of nitro groups is 1. The first-order valence-corrected chi connectivity index (χ1v) is 3.83. The lowest BCUT2D eigenvalue weighted by atomic mass is 10.2. The van der Waals surface area contributed by atoms with E-state index in [4.69, 9.17) is 0 Å². The summed E-state index contributed by atoms with van der Waals surface area (Å²) < 4.78 is 16.4. The van der Waals surface area contributed by atoms with Crippen LogP contribution in [0.1, 0.15) is 5.56 Å². The van der Waals surface area contributed by atoms with Crippen LogP contribution < -0.4 is 4.74 Å². The monoisotopic (exact) mass is 197 g/mol. The van der Waals surface area contributed by atoms with Gasteiger partial charge >= 0.3 is 0 Å². The highest BCUT2D eigenvalue weighted by atomic mass is 19.1. The van der Waals surface area contributed by atoms with Crippen LogP contribution in [-0.4, -0.2) is 11.8 Å². The fraction of sp³-hybridized carbons (Fsp3) is 0.111. The van der Waals surface area contributed by atoms with Crippen molar-refractivity contribution in [1.82, 2.24) is 0 Å². The van der Waals surface area contributed by atoms with Crippen LogP contribution in [0.25, 0.3) is 6.08 Å². The smallest absolute Gasteiger partial charge is 0.235 e. The van der Waals surface area contributed by atoms with E-state index >= 15 is 0 Å². The van der Waals surface area contributed by atoms with Gasteiger partial charge in [-0.15, -0.1) is 0 Å². The number of ether oxygens (including phenoxy) is 1. The Labute approximate surface area is 79.8 Å². The molecule has 0 saturated heterocycles. The van der Waals surface area contributed by atoms with E-state index in [1.54, 1.807) is 18.2 Å². The topological polar surface area (TPSA) is 52.4 Å². The Kier molecular flexibility index (Phi) is 3.60. The first-order chi connectivity index (χ1) is 6.72. The van der Waals surface area contributed by atoms with E-state index in [1.165, 1.54) is 12.1 Å². The van der Waals surface area contributed by atoms with Crippen LogP contribution in [0.5, 0.6) is 5.75 Å². The van der Waals surface area contributed by atoms with Crippen LogP contribution in [0, 0.1) is 10.1 Å². The molecule has 0 aliphatic heterocycles. The van der Waals surface area contributed by atoms with Gasteiger partial charge in [-0.1, -0.05) is 12.1 Å². The van der Waals surface area contributed by atoms with Crippen LogP contribution in [0.3, 0.4) is 0 Å². The second-order valence-corrected chi connectivity index (χ2v) is 2.43. The molecule has 0 fully saturated rings. The molecule has 1 aromatic rings. The van der Waals surface area contributed by atoms with Gasteiger partial charge in [0.05, 0.1) is 4.92 Å². The van der Waals surface area contributed by atoms with Gasteiger partial charge < -0.3 is 4.74 Å². The Balaban J connectivity index is 2.77. The summed E-state index contributed by atoms with van der Waals surface area (Å²) in [6.07, 6.45) is 2.12. The minimum atomic E-state index is -0.914. The number of alkyl halides is 1. The fourth-order valence-electron chi connectivity index (χ4n) is 0.918. The van der Waals surface area contributed by atoms with Gasteiger partial charge in [-0.2, -0.15) is 0 Å². The summed E-state index contributed by atoms with van der Waals surface area (Å²) in [5, 5.41) is 10.0. The molecule has 0 spiro atoms. The van der Waals surface area contributed by atoms with Gasteiger partial charge in [-0.05, 0) is 17.7 Å². The second-order valence-electron chi connectivity index (χ2n) is 2.43. The third kappa shape index (κ3) is 3.22. The average molecular weight is 197 g/mol. The number of benzene rings is 1. The van der Waals surface area contributed by atoms with Crippen LogP contribution in [0.15, 0.2) is 30.5 Å². The standard InChI is InChI=1S/C9H8FNO3/c10-7-14-9-3-1-2-8(6-9)4-5-11(12)13/h1-6H,7H2. The Bertz CT molecular complexity index is 352. The third-order valence-corrected chi connectivity index (χ3v) is 1.47. The molecule has 0 aliphatic carbocycles. The van der Waals surface area contributed by atoms with E-state index < -0.39 is 11.8 Å². The molecule has 4 nitrogen and oxygen atoms in total. The normalized spacial score (nSPS) is 10.4. The van der Waals surface area contributed by atoms with Gasteiger partial charge in [0.1, 0.15) is 5.75 Å². The van der Waals surface area contributed by atoms with Gasteiger partial charge in [-0.3, -0.25) is 10.1 Å². The number of rotatable bonds is 4. The molecule has 0 radical (unpaired) electrons. The lowest BCUT2D eigenvalue weighted by Crippen LogP contribution is -1.89. The predicted octanol–water partition coefficient (Wildman–Crippen LogP) is 2.24. The van der Waals surface area contributed by atoms with Gasteiger partial charge in [0.15, 0.2) is 0 Å². The van der Waals surface area contributed by atoms with Crippen molar-refractivity contribution in [3.05, 3.63) is 46.1 Å². The summed E-state index contributed by atoms with van der Waals surface area (Å²) in [6.45, 7) is -0.914. The number of nitrogens with zero attached hydrogens (tertiary/aromatic N) is 1. The maximum atomic E-state index is 11.8. The molecule has 0 saturated carbocycles. The summed E-state index contributed by atoms with van der Waals surface area (Å²) in [6, 6.07) is 6.37. The van der Waals surface area contributed by atoms with Crippen LogP contribution >= 0.6 is 0 Å². The van der Waals surface area contributed by atoms with E-state index in [2.05, 4.69) is 4.74 Å². The first-order valence-electron chi connectivity index (χ1n) is 3.83. The molecule has 0 bridgehead atoms. The molecule has 0 atom stereocenters. The highest BCUT2D eigenvalue weighted by Crippen LogP contribution is 2.14. The molecule has 0 unspecified atom stereocenters. The number of halogens is 1. The summed E-state index contributed by atoms with van der Waals surface area (Å²) >= 11 is 0. The van der Waals surface area contributed by atoms with Crippen molar-refractivity contribution >= 4 is 6.08 Å². The molecule has 0 heterocycles. The van der Waals surface area contributed by atoms with Crippen LogP contribution in [-0.2, 0) is 0 Å². The van der Waals surface area contributed by atoms with Gasteiger partial charge in [0.2, 0.25) is 13.1 Å². The van der Waals surface area contributed by atoms with Gasteiger partial charge in [0, 0.05) is 6.08 Å². The highest BCUT2D eigenvalue weighted by molar-refractivity contribution is 5.50. The molecule has 5 heteroatoms. The maximum absolute atomic E-state index is 11.8. The van der Waals surface area contributed by atoms with E-state index in [0.717, 1.165) is 6.20 Å². The van der Waals surface area contributed by atoms with Crippen molar-refractivity contribution in [3.63, 3.8) is 0 Å². The Morgan fingerprint density at radius 2 is 2.36 bits per heavy atom. The van der Waals surface area contributed by atoms with Crippen molar-refractivity contribution in [2.75, 3.05) is 6.86 Å². The van der Waals surface area contributed by atoms with Crippen molar-refractivity contribution in [2.24, 2.45) is 0 Å². The quantitative estimate of drug-likeness (QED) is 0.549. The maximum Gasteiger partial charge on any atom is 0.235 e. The molecular formula is C9H8FNO3. The SMILES string of the molecule is O=[N+]([O-])C=Cc1cccc(OCF)c1. The molecule has 1 rings (SSSR count). The number of hydrogen-bond donors (Lipinski definition) is 0. The summed E-state index contributed by atoms with van der Waals surface area (Å²) in [5.41, 5.74) is 0.590. The van der Waals surface area contributed by atoms with E-state index in [9.17, 15) is 14.5 Å². The number of hydrogen-bond acceptors (Lipinski definition) is 3.